The van der Waals surface area contributed by atoms with Gasteiger partial charge in [-0.25, -0.2) is 0 Å². The van der Waals surface area contributed by atoms with Gasteiger partial charge in [-0.2, -0.15) is 0 Å². The third-order valence-electron chi connectivity index (χ3n) is 7.79. The smallest absolute Gasteiger partial charge is 0.231 e. The molecule has 0 aromatic heterocycles. The van der Waals surface area contributed by atoms with E-state index in [9.17, 15) is 0 Å². The molecule has 4 saturated heterocycles. The molecule has 0 amide bonds. The van der Waals surface area contributed by atoms with Crippen molar-refractivity contribution in [2.24, 2.45) is 5.92 Å². The molecule has 0 spiro atoms. The molecule has 0 saturated carbocycles. The second kappa shape index (κ2) is 6.75. The van der Waals surface area contributed by atoms with Crippen LogP contribution in [0, 0.1) is 19.8 Å². The van der Waals surface area contributed by atoms with Crippen molar-refractivity contribution in [1.82, 2.24) is 9.80 Å². The number of nitrogens with zero attached hydrogens (tertiary/aromatic N) is 2. The molecule has 3 atom stereocenters. The lowest BCUT2D eigenvalue weighted by molar-refractivity contribution is -0.00873. The molecular formula is C25H30N2O2. The number of hydrogen-bond donors (Lipinski definition) is 0. The van der Waals surface area contributed by atoms with Gasteiger partial charge in [0.2, 0.25) is 6.79 Å². The number of benzene rings is 2. The van der Waals surface area contributed by atoms with E-state index in [-0.39, 0.29) is 0 Å². The maximum absolute atomic E-state index is 5.70. The summed E-state index contributed by atoms with van der Waals surface area (Å²) in [6.45, 7) is 9.54. The molecule has 5 aliphatic rings. The fraction of sp³-hybridized carbons (Fsp3) is 0.520. The van der Waals surface area contributed by atoms with Gasteiger partial charge in [-0.05, 0) is 74.5 Å². The first-order chi connectivity index (χ1) is 14.2. The standard InChI is InChI=1S/C25H30N2O2/c1-16-3-4-20(17(2)11-16)13-27-14-21(19-5-6-22-23(12-19)29-15-28-22)25-24(27)18-7-9-26(25)10-8-18/h3-6,11-12,18,21,24-25H,7-10,13-15H2,1-2H3/t21-,24+,25+/m1/s1. The maximum Gasteiger partial charge on any atom is 0.231 e. The Hall–Kier alpha value is -2.04. The van der Waals surface area contributed by atoms with Crippen LogP contribution >= 0.6 is 0 Å². The van der Waals surface area contributed by atoms with E-state index in [1.807, 2.05) is 0 Å². The van der Waals surface area contributed by atoms with Crippen LogP contribution < -0.4 is 9.47 Å². The van der Waals surface area contributed by atoms with Gasteiger partial charge in [0, 0.05) is 31.1 Å². The highest BCUT2D eigenvalue weighted by molar-refractivity contribution is 5.46. The highest BCUT2D eigenvalue weighted by atomic mass is 16.7. The number of ether oxygens (including phenoxy) is 2. The van der Waals surface area contributed by atoms with Crippen LogP contribution in [0.1, 0.15) is 41.0 Å². The van der Waals surface area contributed by atoms with Gasteiger partial charge < -0.3 is 9.47 Å². The van der Waals surface area contributed by atoms with E-state index in [4.69, 9.17) is 9.47 Å². The molecule has 2 bridgehead atoms. The molecule has 7 rings (SSSR count). The monoisotopic (exact) mass is 390 g/mol. The third-order valence-corrected chi connectivity index (χ3v) is 7.79. The van der Waals surface area contributed by atoms with Crippen molar-refractivity contribution in [2.45, 2.75) is 51.2 Å². The van der Waals surface area contributed by atoms with Gasteiger partial charge in [0.1, 0.15) is 0 Å². The first-order valence-electron chi connectivity index (χ1n) is 11.1. The van der Waals surface area contributed by atoms with Crippen LogP contribution in [-0.2, 0) is 6.54 Å². The number of likely N-dealkylation sites (tertiary alicyclic amines) is 1. The summed E-state index contributed by atoms with van der Waals surface area (Å²) >= 11 is 0. The molecule has 2 aromatic carbocycles. The fourth-order valence-corrected chi connectivity index (χ4v) is 6.40. The van der Waals surface area contributed by atoms with Crippen LogP contribution in [0.25, 0.3) is 0 Å². The van der Waals surface area contributed by atoms with Crippen molar-refractivity contribution in [3.05, 3.63) is 58.7 Å². The second-order valence-corrected chi connectivity index (χ2v) is 9.43. The summed E-state index contributed by atoms with van der Waals surface area (Å²) in [4.78, 5) is 5.58. The molecule has 2 aromatic rings. The van der Waals surface area contributed by atoms with Crippen LogP contribution in [0.3, 0.4) is 0 Å². The summed E-state index contributed by atoms with van der Waals surface area (Å²) < 4.78 is 11.2. The minimum atomic E-state index is 0.350. The number of piperidine rings is 3. The molecule has 0 unspecified atom stereocenters. The van der Waals surface area contributed by atoms with Gasteiger partial charge >= 0.3 is 0 Å². The highest BCUT2D eigenvalue weighted by Crippen LogP contribution is 2.48. The largest absolute Gasteiger partial charge is 0.454 e. The van der Waals surface area contributed by atoms with Gasteiger partial charge in [0.05, 0.1) is 0 Å². The van der Waals surface area contributed by atoms with Gasteiger partial charge in [0.15, 0.2) is 11.5 Å². The maximum atomic E-state index is 5.70. The molecule has 4 nitrogen and oxygen atoms in total. The topological polar surface area (TPSA) is 24.9 Å². The molecular weight excluding hydrogens is 360 g/mol. The average molecular weight is 391 g/mol. The van der Waals surface area contributed by atoms with Crippen LogP contribution in [0.2, 0.25) is 0 Å². The van der Waals surface area contributed by atoms with Gasteiger partial charge in [0.25, 0.3) is 0 Å². The Bertz CT molecular complexity index is 934. The summed E-state index contributed by atoms with van der Waals surface area (Å²) in [6, 6.07) is 14.9. The molecule has 5 heterocycles. The Morgan fingerprint density at radius 2 is 1.76 bits per heavy atom. The summed E-state index contributed by atoms with van der Waals surface area (Å²) in [5.41, 5.74) is 5.68. The van der Waals surface area contributed by atoms with Crippen LogP contribution in [0.15, 0.2) is 36.4 Å². The minimum absolute atomic E-state index is 0.350. The minimum Gasteiger partial charge on any atom is -0.454 e. The summed E-state index contributed by atoms with van der Waals surface area (Å²) in [5, 5.41) is 0. The summed E-state index contributed by atoms with van der Waals surface area (Å²) in [7, 11) is 0. The zero-order chi connectivity index (χ0) is 19.5. The van der Waals surface area contributed by atoms with Crippen molar-refractivity contribution < 1.29 is 9.47 Å². The van der Waals surface area contributed by atoms with Crippen LogP contribution in [-0.4, -0.2) is 48.3 Å². The molecule has 0 radical (unpaired) electrons. The molecule has 4 heteroatoms. The Balaban J connectivity index is 1.34. The summed E-state index contributed by atoms with van der Waals surface area (Å²) in [6.07, 6.45) is 2.72. The zero-order valence-corrected chi connectivity index (χ0v) is 17.4. The van der Waals surface area contributed by atoms with Crippen molar-refractivity contribution in [3.8, 4) is 11.5 Å². The molecule has 0 aliphatic carbocycles. The van der Waals surface area contributed by atoms with E-state index in [1.54, 1.807) is 0 Å². The average Bonchev–Trinajstić information content (AvgIpc) is 3.36. The number of fused-ring (bicyclic) bond motifs is 3. The van der Waals surface area contributed by atoms with Crippen molar-refractivity contribution >= 4 is 0 Å². The second-order valence-electron chi connectivity index (χ2n) is 9.43. The molecule has 152 valence electrons. The SMILES string of the molecule is Cc1ccc(CN2C[C@H](c3ccc4c(c3)OCO4)[C@H]3[C@@H]2C2CCN3CC2)c(C)c1. The molecule has 4 fully saturated rings. The Kier molecular flexibility index (Phi) is 4.14. The van der Waals surface area contributed by atoms with Crippen molar-refractivity contribution in [1.29, 1.82) is 0 Å². The number of aryl methyl sites for hydroxylation is 2. The Labute approximate surface area is 173 Å². The van der Waals surface area contributed by atoms with Crippen molar-refractivity contribution in [2.75, 3.05) is 26.4 Å². The van der Waals surface area contributed by atoms with Gasteiger partial charge in [-0.1, -0.05) is 29.8 Å². The highest BCUT2D eigenvalue weighted by Gasteiger charge is 2.53. The van der Waals surface area contributed by atoms with E-state index in [2.05, 4.69) is 60.0 Å². The van der Waals surface area contributed by atoms with Crippen LogP contribution in [0.5, 0.6) is 11.5 Å². The van der Waals surface area contributed by atoms with Crippen molar-refractivity contribution in [3.63, 3.8) is 0 Å². The number of hydrogen-bond acceptors (Lipinski definition) is 4. The van der Waals surface area contributed by atoms with E-state index < -0.39 is 0 Å². The van der Waals surface area contributed by atoms with E-state index in [1.165, 1.54) is 48.2 Å². The lowest BCUT2D eigenvalue weighted by Crippen LogP contribution is -2.60. The lowest BCUT2D eigenvalue weighted by atomic mass is 9.75. The quantitative estimate of drug-likeness (QED) is 0.788. The molecule has 0 N–H and O–H groups in total. The van der Waals surface area contributed by atoms with Gasteiger partial charge in [-0.3, -0.25) is 9.80 Å². The van der Waals surface area contributed by atoms with E-state index in [0.29, 0.717) is 24.8 Å². The van der Waals surface area contributed by atoms with E-state index in [0.717, 1.165) is 30.5 Å². The molecule has 5 aliphatic heterocycles. The molecule has 29 heavy (non-hydrogen) atoms. The predicted molar refractivity (Wildman–Crippen MR) is 114 cm³/mol. The zero-order valence-electron chi connectivity index (χ0n) is 17.4. The Morgan fingerprint density at radius 3 is 2.59 bits per heavy atom. The third kappa shape index (κ3) is 2.88. The first-order valence-corrected chi connectivity index (χ1v) is 11.1. The van der Waals surface area contributed by atoms with E-state index >= 15 is 0 Å². The predicted octanol–water partition coefficient (Wildman–Crippen LogP) is 4.09. The lowest BCUT2D eigenvalue weighted by Gasteiger charge is -2.51. The first kappa shape index (κ1) is 17.8. The van der Waals surface area contributed by atoms with Crippen LogP contribution in [0.4, 0.5) is 0 Å². The van der Waals surface area contributed by atoms with Gasteiger partial charge in [-0.15, -0.1) is 0 Å². The fourth-order valence-electron chi connectivity index (χ4n) is 6.40. The normalized spacial score (nSPS) is 32.6. The Morgan fingerprint density at radius 1 is 0.931 bits per heavy atom. The summed E-state index contributed by atoms with van der Waals surface area (Å²) in [5.74, 6) is 3.20. The number of rotatable bonds is 3.